The summed E-state index contributed by atoms with van der Waals surface area (Å²) in [4.78, 5) is 19.1. The highest BCUT2D eigenvalue weighted by Gasteiger charge is 2.27. The van der Waals surface area contributed by atoms with Crippen molar-refractivity contribution in [2.75, 3.05) is 25.2 Å². The molecule has 0 saturated carbocycles. The first kappa shape index (κ1) is 16.3. The summed E-state index contributed by atoms with van der Waals surface area (Å²) in [6, 6.07) is 0. The van der Waals surface area contributed by atoms with Gasteiger partial charge in [-0.15, -0.1) is 0 Å². The van der Waals surface area contributed by atoms with Gasteiger partial charge >= 0.3 is 0 Å². The first-order valence-corrected chi connectivity index (χ1v) is 8.50. The first-order valence-electron chi connectivity index (χ1n) is 7.11. The third-order valence-electron chi connectivity index (χ3n) is 3.87. The predicted octanol–water partition coefficient (Wildman–Crippen LogP) is 0.988. The van der Waals surface area contributed by atoms with Crippen LogP contribution in [0.2, 0.25) is 0 Å². The fourth-order valence-electron chi connectivity index (χ4n) is 2.84. The molecule has 1 aliphatic rings. The van der Waals surface area contributed by atoms with Crippen LogP contribution in [-0.4, -0.2) is 45.4 Å². The van der Waals surface area contributed by atoms with Crippen molar-refractivity contribution >= 4 is 17.3 Å². The highest BCUT2D eigenvalue weighted by molar-refractivity contribution is 7.98. The van der Waals surface area contributed by atoms with E-state index >= 15 is 0 Å². The summed E-state index contributed by atoms with van der Waals surface area (Å²) in [5, 5.41) is 19.2. The van der Waals surface area contributed by atoms with Crippen molar-refractivity contribution < 1.29 is 10.2 Å². The van der Waals surface area contributed by atoms with Gasteiger partial charge in [0.2, 0.25) is 0 Å². The van der Waals surface area contributed by atoms with Crippen LogP contribution in [0.25, 0.3) is 5.57 Å². The van der Waals surface area contributed by atoms with E-state index in [9.17, 15) is 15.0 Å². The smallest absolute Gasteiger partial charge is 0.254 e. The third-order valence-corrected chi connectivity index (χ3v) is 4.68. The monoisotopic (exact) mass is 310 g/mol. The zero-order valence-electron chi connectivity index (χ0n) is 12.4. The summed E-state index contributed by atoms with van der Waals surface area (Å²) in [5.74, 6) is 1.51. The molecule has 1 aromatic heterocycles. The van der Waals surface area contributed by atoms with Gasteiger partial charge in [-0.2, -0.15) is 11.8 Å². The number of aromatic amines is 1. The Bertz CT molecular complexity index is 583. The minimum absolute atomic E-state index is 0.00365. The molecule has 0 aromatic carbocycles. The molecule has 1 aromatic rings. The number of aryl methyl sites for hydroxylation is 1. The normalized spacial score (nSPS) is 16.5. The highest BCUT2D eigenvalue weighted by Crippen LogP contribution is 2.33. The molecule has 3 N–H and O–H groups in total. The number of aliphatic hydroxyl groups is 2. The van der Waals surface area contributed by atoms with Gasteiger partial charge in [-0.3, -0.25) is 4.79 Å². The number of fused-ring (bicyclic) bond motifs is 1. The van der Waals surface area contributed by atoms with Crippen LogP contribution in [0.4, 0.5) is 0 Å². The van der Waals surface area contributed by atoms with Crippen molar-refractivity contribution in [3.63, 3.8) is 0 Å². The van der Waals surface area contributed by atoms with E-state index in [0.717, 1.165) is 17.0 Å². The second-order valence-electron chi connectivity index (χ2n) is 5.46. The number of hydrogen-bond acceptors (Lipinski definition) is 5. The van der Waals surface area contributed by atoms with E-state index in [4.69, 9.17) is 0 Å². The molecule has 0 amide bonds. The van der Waals surface area contributed by atoms with Crippen LogP contribution < -0.4 is 5.56 Å². The van der Waals surface area contributed by atoms with E-state index in [0.29, 0.717) is 24.2 Å². The molecule has 1 aliphatic carbocycles. The van der Waals surface area contributed by atoms with Crippen LogP contribution in [-0.2, 0) is 6.42 Å². The van der Waals surface area contributed by atoms with Crippen LogP contribution in [0.1, 0.15) is 23.5 Å². The lowest BCUT2D eigenvalue weighted by Gasteiger charge is -2.21. The topological polar surface area (TPSA) is 86.2 Å². The molecule has 21 heavy (non-hydrogen) atoms. The molecule has 6 heteroatoms. The lowest BCUT2D eigenvalue weighted by Crippen LogP contribution is -2.21. The SMILES string of the molecule is CSCC(CO)CC(CO)C1=CCc2c1nc(C)[nH]c2=O. The van der Waals surface area contributed by atoms with E-state index in [1.165, 1.54) is 0 Å². The number of allylic oxidation sites excluding steroid dienone is 1. The van der Waals surface area contributed by atoms with Gasteiger partial charge in [0.15, 0.2) is 0 Å². The Hall–Kier alpha value is -1.11. The molecule has 2 unspecified atom stereocenters. The summed E-state index contributed by atoms with van der Waals surface area (Å²) in [5.41, 5.74) is 2.25. The molecule has 0 aliphatic heterocycles. The number of thioether (sulfide) groups is 1. The molecule has 116 valence electrons. The fourth-order valence-corrected chi connectivity index (χ4v) is 3.55. The van der Waals surface area contributed by atoms with Gasteiger partial charge in [-0.1, -0.05) is 6.08 Å². The minimum Gasteiger partial charge on any atom is -0.396 e. The standard InChI is InChI=1S/C15H22N2O3S/c1-9-16-14-12(3-4-13(14)15(20)17-9)11(7-19)5-10(6-18)8-21-2/h3,10-11,18-19H,4-8H2,1-2H3,(H,16,17,20). The van der Waals surface area contributed by atoms with Gasteiger partial charge < -0.3 is 15.2 Å². The fraction of sp³-hybridized carbons (Fsp3) is 0.600. The van der Waals surface area contributed by atoms with Gasteiger partial charge in [-0.05, 0) is 43.3 Å². The van der Waals surface area contributed by atoms with E-state index in [1.807, 2.05) is 12.3 Å². The van der Waals surface area contributed by atoms with Gasteiger partial charge in [0.05, 0.1) is 12.3 Å². The Morgan fingerprint density at radius 2 is 2.19 bits per heavy atom. The first-order chi connectivity index (χ1) is 10.1. The maximum atomic E-state index is 11.9. The summed E-state index contributed by atoms with van der Waals surface area (Å²) in [6.45, 7) is 1.87. The Kier molecular flexibility index (Phi) is 5.61. The van der Waals surface area contributed by atoms with Crippen molar-refractivity contribution in [2.24, 2.45) is 11.8 Å². The van der Waals surface area contributed by atoms with E-state index < -0.39 is 0 Å². The molecule has 0 fully saturated rings. The van der Waals surface area contributed by atoms with Gasteiger partial charge in [0, 0.05) is 18.1 Å². The van der Waals surface area contributed by atoms with E-state index in [1.54, 1.807) is 18.7 Å². The lowest BCUT2D eigenvalue weighted by atomic mass is 9.89. The summed E-state index contributed by atoms with van der Waals surface area (Å²) in [7, 11) is 0. The number of nitrogens with zero attached hydrogens (tertiary/aromatic N) is 1. The molecule has 5 nitrogen and oxygen atoms in total. The number of aliphatic hydroxyl groups excluding tert-OH is 2. The molecule has 0 saturated heterocycles. The second kappa shape index (κ2) is 7.24. The molecular formula is C15H22N2O3S. The second-order valence-corrected chi connectivity index (χ2v) is 6.37. The van der Waals surface area contributed by atoms with Crippen LogP contribution >= 0.6 is 11.8 Å². The zero-order valence-corrected chi connectivity index (χ0v) is 13.2. The lowest BCUT2D eigenvalue weighted by molar-refractivity contribution is 0.193. The van der Waals surface area contributed by atoms with Gasteiger partial charge in [-0.25, -0.2) is 4.98 Å². The van der Waals surface area contributed by atoms with Crippen LogP contribution in [0.3, 0.4) is 0 Å². The maximum Gasteiger partial charge on any atom is 0.254 e. The summed E-state index contributed by atoms with van der Waals surface area (Å²) in [6.07, 6.45) is 5.26. The maximum absolute atomic E-state index is 11.9. The quantitative estimate of drug-likeness (QED) is 0.699. The van der Waals surface area contributed by atoms with Crippen molar-refractivity contribution in [1.29, 1.82) is 0 Å². The largest absolute Gasteiger partial charge is 0.396 e. The number of hydrogen-bond donors (Lipinski definition) is 3. The molecular weight excluding hydrogens is 288 g/mol. The average Bonchev–Trinajstić information content (AvgIpc) is 2.87. The highest BCUT2D eigenvalue weighted by atomic mass is 32.2. The summed E-state index contributed by atoms with van der Waals surface area (Å²) >= 11 is 1.69. The Labute approximate surface area is 128 Å². The van der Waals surface area contributed by atoms with Crippen molar-refractivity contribution in [1.82, 2.24) is 9.97 Å². The Morgan fingerprint density at radius 1 is 1.43 bits per heavy atom. The average molecular weight is 310 g/mol. The van der Waals surface area contributed by atoms with E-state index in [-0.39, 0.29) is 30.6 Å². The van der Waals surface area contributed by atoms with Gasteiger partial charge in [0.1, 0.15) is 5.82 Å². The number of rotatable bonds is 7. The Morgan fingerprint density at radius 3 is 2.81 bits per heavy atom. The molecule has 2 atom stereocenters. The van der Waals surface area contributed by atoms with Crippen molar-refractivity contribution in [2.45, 2.75) is 19.8 Å². The minimum atomic E-state index is -0.0942. The van der Waals surface area contributed by atoms with Crippen molar-refractivity contribution in [3.05, 3.63) is 33.5 Å². The van der Waals surface area contributed by atoms with Crippen molar-refractivity contribution in [3.8, 4) is 0 Å². The van der Waals surface area contributed by atoms with Crippen LogP contribution in [0.15, 0.2) is 10.9 Å². The number of nitrogens with one attached hydrogen (secondary N) is 1. The molecule has 2 rings (SSSR count). The van der Waals surface area contributed by atoms with E-state index in [2.05, 4.69) is 9.97 Å². The van der Waals surface area contributed by atoms with Crippen LogP contribution in [0.5, 0.6) is 0 Å². The summed E-state index contributed by atoms with van der Waals surface area (Å²) < 4.78 is 0. The predicted molar refractivity (Wildman–Crippen MR) is 85.4 cm³/mol. The Balaban J connectivity index is 2.24. The number of H-pyrrole nitrogens is 1. The molecule has 0 bridgehead atoms. The van der Waals surface area contributed by atoms with Gasteiger partial charge in [0.25, 0.3) is 5.56 Å². The third kappa shape index (κ3) is 3.56. The van der Waals surface area contributed by atoms with Crippen LogP contribution in [0, 0.1) is 18.8 Å². The molecule has 0 radical (unpaired) electrons. The zero-order chi connectivity index (χ0) is 15.4. The molecule has 0 spiro atoms. The molecule has 1 heterocycles. The number of aromatic nitrogens is 2.